The minimum absolute atomic E-state index is 0.184. The fourth-order valence-electron chi connectivity index (χ4n) is 2.61. The maximum Gasteiger partial charge on any atom is 0.344 e. The number of carbonyl (C=O) groups excluding carboxylic acids is 4. The summed E-state index contributed by atoms with van der Waals surface area (Å²) >= 11 is 1.14. The van der Waals surface area contributed by atoms with Gasteiger partial charge < -0.3 is 10.2 Å². The summed E-state index contributed by atoms with van der Waals surface area (Å²) in [6, 6.07) is 8.07. The van der Waals surface area contributed by atoms with Gasteiger partial charge in [-0.05, 0) is 12.5 Å². The van der Waals surface area contributed by atoms with E-state index in [1.807, 2.05) is 0 Å². The van der Waals surface area contributed by atoms with Crippen LogP contribution in [-0.4, -0.2) is 51.8 Å². The molecular formula is C15H16N4O4S. The lowest BCUT2D eigenvalue weighted by molar-refractivity contribution is -0.139. The monoisotopic (exact) mass is 348 g/mol. The smallest absolute Gasteiger partial charge is 0.323 e. The Morgan fingerprint density at radius 2 is 2.00 bits per heavy atom. The predicted molar refractivity (Wildman–Crippen MR) is 86.7 cm³/mol. The van der Waals surface area contributed by atoms with Crippen LogP contribution in [0.3, 0.4) is 0 Å². The van der Waals surface area contributed by atoms with Crippen molar-refractivity contribution in [1.82, 2.24) is 20.7 Å². The lowest BCUT2D eigenvalue weighted by Gasteiger charge is -2.22. The number of nitrogens with one attached hydrogen (secondary N) is 2. The minimum atomic E-state index is -1.25. The first-order valence-electron chi connectivity index (χ1n) is 7.35. The molecule has 1 unspecified atom stereocenters. The standard InChI is InChI=1S/C15H16N4O4S/c1-15(10-5-3-2-4-6-10)12(21)19(13(22)16-15)17-11(20)9-18-7-8-24-14(18)23/h2-6H,7-9H2,1H3,(H,16,22)(H,17,20). The number of thioether (sulfide) groups is 1. The number of amides is 5. The van der Waals surface area contributed by atoms with Crippen molar-refractivity contribution in [3.8, 4) is 0 Å². The number of hydrogen-bond donors (Lipinski definition) is 2. The molecule has 0 radical (unpaired) electrons. The molecule has 1 atom stereocenters. The van der Waals surface area contributed by atoms with Gasteiger partial charge >= 0.3 is 6.03 Å². The van der Waals surface area contributed by atoms with E-state index in [4.69, 9.17) is 0 Å². The van der Waals surface area contributed by atoms with Crippen LogP contribution in [0.4, 0.5) is 9.59 Å². The van der Waals surface area contributed by atoms with Gasteiger partial charge in [0.1, 0.15) is 12.1 Å². The SMILES string of the molecule is CC1(c2ccccc2)NC(=O)N(NC(=O)CN2CCSC2=O)C1=O. The third kappa shape index (κ3) is 2.82. The molecule has 2 fully saturated rings. The Morgan fingerprint density at radius 1 is 1.29 bits per heavy atom. The molecule has 5 amide bonds. The van der Waals surface area contributed by atoms with Crippen molar-refractivity contribution in [3.63, 3.8) is 0 Å². The van der Waals surface area contributed by atoms with E-state index in [1.54, 1.807) is 37.3 Å². The van der Waals surface area contributed by atoms with Gasteiger partial charge in [0.2, 0.25) is 0 Å². The average Bonchev–Trinajstić information content (AvgIpc) is 3.05. The first-order chi connectivity index (χ1) is 11.4. The highest BCUT2D eigenvalue weighted by atomic mass is 32.2. The quantitative estimate of drug-likeness (QED) is 0.779. The van der Waals surface area contributed by atoms with Gasteiger partial charge in [-0.2, -0.15) is 5.01 Å². The van der Waals surface area contributed by atoms with E-state index in [0.717, 1.165) is 11.8 Å². The van der Waals surface area contributed by atoms with Gasteiger partial charge in [-0.1, -0.05) is 42.1 Å². The zero-order valence-corrected chi connectivity index (χ0v) is 13.8. The summed E-state index contributed by atoms with van der Waals surface area (Å²) in [5.74, 6) is -0.540. The molecule has 2 N–H and O–H groups in total. The van der Waals surface area contributed by atoms with Gasteiger partial charge in [0.25, 0.3) is 17.1 Å². The maximum atomic E-state index is 12.6. The molecule has 8 nitrogen and oxygen atoms in total. The van der Waals surface area contributed by atoms with Crippen LogP contribution >= 0.6 is 11.8 Å². The molecule has 1 aromatic carbocycles. The van der Waals surface area contributed by atoms with Gasteiger partial charge in [0.15, 0.2) is 0 Å². The summed E-state index contributed by atoms with van der Waals surface area (Å²) in [6.45, 7) is 1.86. The topological polar surface area (TPSA) is 98.8 Å². The number of imide groups is 1. The van der Waals surface area contributed by atoms with Crippen molar-refractivity contribution >= 4 is 34.8 Å². The van der Waals surface area contributed by atoms with Gasteiger partial charge in [-0.3, -0.25) is 19.8 Å². The van der Waals surface area contributed by atoms with Gasteiger partial charge in [-0.25, -0.2) is 4.79 Å². The summed E-state index contributed by atoms with van der Waals surface area (Å²) in [6.07, 6.45) is 0. The number of nitrogens with zero attached hydrogens (tertiary/aromatic N) is 2. The molecule has 0 saturated carbocycles. The minimum Gasteiger partial charge on any atom is -0.323 e. The molecule has 1 aromatic rings. The average molecular weight is 348 g/mol. The molecule has 3 rings (SSSR count). The molecule has 0 aliphatic carbocycles. The van der Waals surface area contributed by atoms with Crippen LogP contribution in [0.2, 0.25) is 0 Å². The number of hydrazine groups is 1. The number of hydrogen-bond acceptors (Lipinski definition) is 5. The molecule has 126 valence electrons. The summed E-state index contributed by atoms with van der Waals surface area (Å²) in [7, 11) is 0. The van der Waals surface area contributed by atoms with Crippen molar-refractivity contribution in [1.29, 1.82) is 0 Å². The van der Waals surface area contributed by atoms with Gasteiger partial charge in [0, 0.05) is 12.3 Å². The summed E-state index contributed by atoms with van der Waals surface area (Å²) < 4.78 is 0. The van der Waals surface area contributed by atoms with Crippen LogP contribution in [0.1, 0.15) is 12.5 Å². The van der Waals surface area contributed by atoms with Crippen molar-refractivity contribution < 1.29 is 19.2 Å². The van der Waals surface area contributed by atoms with E-state index in [1.165, 1.54) is 4.90 Å². The van der Waals surface area contributed by atoms with Gasteiger partial charge in [0.05, 0.1) is 0 Å². The Kier molecular flexibility index (Phi) is 4.18. The van der Waals surface area contributed by atoms with Crippen molar-refractivity contribution in [2.45, 2.75) is 12.5 Å². The third-order valence-electron chi connectivity index (χ3n) is 3.96. The zero-order valence-electron chi connectivity index (χ0n) is 12.9. The highest BCUT2D eigenvalue weighted by Gasteiger charge is 2.50. The van der Waals surface area contributed by atoms with Crippen molar-refractivity contribution in [2.75, 3.05) is 18.8 Å². The molecular weight excluding hydrogens is 332 g/mol. The Balaban J connectivity index is 1.70. The van der Waals surface area contributed by atoms with E-state index in [0.29, 0.717) is 22.9 Å². The number of carbonyl (C=O) groups is 4. The molecule has 2 aliphatic heterocycles. The Bertz CT molecular complexity index is 711. The van der Waals surface area contributed by atoms with E-state index in [-0.39, 0.29) is 11.8 Å². The second-order valence-corrected chi connectivity index (χ2v) is 6.68. The van der Waals surface area contributed by atoms with Crippen LogP contribution in [0.25, 0.3) is 0 Å². The lowest BCUT2D eigenvalue weighted by Crippen LogP contribution is -2.50. The molecule has 2 aliphatic rings. The third-order valence-corrected chi connectivity index (χ3v) is 4.85. The number of benzene rings is 1. The van der Waals surface area contributed by atoms with Crippen LogP contribution in [0.5, 0.6) is 0 Å². The normalized spacial score (nSPS) is 23.6. The zero-order chi connectivity index (χ0) is 17.3. The second kappa shape index (κ2) is 6.16. The Labute approximate surface area is 142 Å². The largest absolute Gasteiger partial charge is 0.344 e. The van der Waals surface area contributed by atoms with Crippen LogP contribution < -0.4 is 10.7 Å². The van der Waals surface area contributed by atoms with Crippen LogP contribution in [0, 0.1) is 0 Å². The first-order valence-corrected chi connectivity index (χ1v) is 8.34. The molecule has 2 heterocycles. The molecule has 0 spiro atoms. The van der Waals surface area contributed by atoms with Crippen molar-refractivity contribution in [2.24, 2.45) is 0 Å². The predicted octanol–water partition coefficient (Wildman–Crippen LogP) is 0.654. The molecule has 24 heavy (non-hydrogen) atoms. The molecule has 0 bridgehead atoms. The summed E-state index contributed by atoms with van der Waals surface area (Å²) in [5.41, 5.74) is 1.65. The van der Waals surface area contributed by atoms with E-state index in [2.05, 4.69) is 10.7 Å². The highest BCUT2D eigenvalue weighted by molar-refractivity contribution is 8.13. The van der Waals surface area contributed by atoms with E-state index < -0.39 is 23.4 Å². The fourth-order valence-corrected chi connectivity index (χ4v) is 3.44. The fraction of sp³-hybridized carbons (Fsp3) is 0.333. The van der Waals surface area contributed by atoms with Crippen LogP contribution in [-0.2, 0) is 15.1 Å². The number of rotatable bonds is 4. The number of urea groups is 1. The summed E-state index contributed by atoms with van der Waals surface area (Å²) in [4.78, 5) is 49.7. The van der Waals surface area contributed by atoms with Gasteiger partial charge in [-0.15, -0.1) is 0 Å². The molecule has 9 heteroatoms. The highest BCUT2D eigenvalue weighted by Crippen LogP contribution is 2.27. The van der Waals surface area contributed by atoms with Crippen molar-refractivity contribution in [3.05, 3.63) is 35.9 Å². The van der Waals surface area contributed by atoms with E-state index >= 15 is 0 Å². The summed E-state index contributed by atoms with van der Waals surface area (Å²) in [5, 5.41) is 3.08. The molecule has 2 saturated heterocycles. The maximum absolute atomic E-state index is 12.6. The van der Waals surface area contributed by atoms with Crippen LogP contribution in [0.15, 0.2) is 30.3 Å². The molecule has 0 aromatic heterocycles. The van der Waals surface area contributed by atoms with E-state index in [9.17, 15) is 19.2 Å². The second-order valence-electron chi connectivity index (χ2n) is 5.63. The lowest BCUT2D eigenvalue weighted by atomic mass is 9.92. The Morgan fingerprint density at radius 3 is 2.62 bits per heavy atom. The first kappa shape index (κ1) is 16.3. The Hall–Kier alpha value is -2.55.